The molecular weight excluding hydrogens is 336 g/mol. The van der Waals surface area contributed by atoms with Crippen LogP contribution in [-0.4, -0.2) is 24.2 Å². The number of rotatable bonds is 6. The summed E-state index contributed by atoms with van der Waals surface area (Å²) in [7, 11) is 0. The van der Waals surface area contributed by atoms with Gasteiger partial charge in [0.2, 0.25) is 0 Å². The van der Waals surface area contributed by atoms with Crippen LogP contribution in [0.4, 0.5) is 8.78 Å². The van der Waals surface area contributed by atoms with E-state index in [1.165, 1.54) is 24.3 Å². The second-order valence-electron chi connectivity index (χ2n) is 4.28. The van der Waals surface area contributed by atoms with E-state index in [1.807, 2.05) is 0 Å². The average Bonchev–Trinajstić information content (AvgIpc) is 2.91. The van der Waals surface area contributed by atoms with Gasteiger partial charge in [0.1, 0.15) is 5.75 Å². The summed E-state index contributed by atoms with van der Waals surface area (Å²) in [6.45, 7) is -2.91. The van der Waals surface area contributed by atoms with E-state index in [0.29, 0.717) is 14.8 Å². The largest absolute Gasteiger partial charge is 0.435 e. The Morgan fingerprint density at radius 1 is 1.27 bits per heavy atom. The van der Waals surface area contributed by atoms with E-state index in [1.54, 1.807) is 12.1 Å². The van der Waals surface area contributed by atoms with E-state index >= 15 is 0 Å². The van der Waals surface area contributed by atoms with E-state index in [4.69, 9.17) is 11.6 Å². The van der Waals surface area contributed by atoms with Crippen molar-refractivity contribution in [1.82, 2.24) is 5.32 Å². The smallest absolute Gasteiger partial charge is 0.387 e. The van der Waals surface area contributed by atoms with Crippen LogP contribution in [0, 0.1) is 0 Å². The fourth-order valence-electron chi connectivity index (χ4n) is 1.70. The summed E-state index contributed by atoms with van der Waals surface area (Å²) in [5, 5.41) is 12.5. The highest BCUT2D eigenvalue weighted by Crippen LogP contribution is 2.22. The number of hydrogen-bond donors (Lipinski definition) is 2. The van der Waals surface area contributed by atoms with Gasteiger partial charge in [0.15, 0.2) is 0 Å². The minimum atomic E-state index is -2.90. The molecule has 0 aliphatic rings. The van der Waals surface area contributed by atoms with E-state index in [2.05, 4.69) is 10.1 Å². The number of benzene rings is 1. The molecule has 1 atom stereocenters. The molecule has 4 nitrogen and oxygen atoms in total. The van der Waals surface area contributed by atoms with Crippen molar-refractivity contribution in [1.29, 1.82) is 0 Å². The number of aliphatic hydroxyl groups is 1. The van der Waals surface area contributed by atoms with E-state index in [-0.39, 0.29) is 18.2 Å². The molecule has 0 bridgehead atoms. The van der Waals surface area contributed by atoms with Crippen LogP contribution in [-0.2, 0) is 0 Å². The fourth-order valence-corrected chi connectivity index (χ4v) is 2.66. The van der Waals surface area contributed by atoms with Crippen LogP contribution in [0.25, 0.3) is 0 Å². The summed E-state index contributed by atoms with van der Waals surface area (Å²) < 4.78 is 28.8. The predicted octanol–water partition coefficient (Wildman–Crippen LogP) is 3.47. The molecule has 0 spiro atoms. The van der Waals surface area contributed by atoms with Crippen molar-refractivity contribution in [3.63, 3.8) is 0 Å². The molecule has 0 aliphatic heterocycles. The topological polar surface area (TPSA) is 58.6 Å². The number of thiophene rings is 1. The molecule has 2 aromatic rings. The monoisotopic (exact) mass is 347 g/mol. The summed E-state index contributed by atoms with van der Waals surface area (Å²) in [6.07, 6.45) is -0.958. The molecule has 1 aromatic carbocycles. The van der Waals surface area contributed by atoms with Crippen molar-refractivity contribution in [3.8, 4) is 5.75 Å². The molecule has 118 valence electrons. The van der Waals surface area contributed by atoms with Crippen LogP contribution in [0.1, 0.15) is 21.3 Å². The van der Waals surface area contributed by atoms with Crippen molar-refractivity contribution in [3.05, 3.63) is 51.2 Å². The van der Waals surface area contributed by atoms with Gasteiger partial charge in [0.05, 0.1) is 15.3 Å². The van der Waals surface area contributed by atoms with Crippen molar-refractivity contribution in [2.24, 2.45) is 0 Å². The number of amides is 1. The first-order valence-corrected chi connectivity index (χ1v) is 7.41. The molecule has 0 saturated heterocycles. The van der Waals surface area contributed by atoms with Crippen molar-refractivity contribution < 1.29 is 23.4 Å². The molecule has 22 heavy (non-hydrogen) atoms. The number of alkyl halides is 2. The Balaban J connectivity index is 1.89. The van der Waals surface area contributed by atoms with Gasteiger partial charge < -0.3 is 15.2 Å². The second-order valence-corrected chi connectivity index (χ2v) is 5.99. The zero-order valence-corrected chi connectivity index (χ0v) is 12.7. The maximum Gasteiger partial charge on any atom is 0.387 e. The Labute approximate surface area is 134 Å². The minimum absolute atomic E-state index is 0.00298. The molecule has 1 amide bonds. The van der Waals surface area contributed by atoms with E-state index in [0.717, 1.165) is 11.3 Å². The van der Waals surface area contributed by atoms with Gasteiger partial charge in [-0.2, -0.15) is 8.78 Å². The number of nitrogens with one attached hydrogen (secondary N) is 1. The van der Waals surface area contributed by atoms with Crippen molar-refractivity contribution >= 4 is 28.8 Å². The van der Waals surface area contributed by atoms with Crippen LogP contribution in [0.3, 0.4) is 0 Å². The highest BCUT2D eigenvalue weighted by Gasteiger charge is 2.13. The zero-order chi connectivity index (χ0) is 16.1. The third-order valence-electron chi connectivity index (χ3n) is 2.74. The third-order valence-corrected chi connectivity index (χ3v) is 3.97. The van der Waals surface area contributed by atoms with Gasteiger partial charge in [-0.15, -0.1) is 11.3 Å². The minimum Gasteiger partial charge on any atom is -0.435 e. The quantitative estimate of drug-likeness (QED) is 0.841. The molecule has 2 rings (SSSR count). The molecule has 0 aliphatic carbocycles. The first kappa shape index (κ1) is 16.7. The van der Waals surface area contributed by atoms with Crippen LogP contribution in [0.5, 0.6) is 5.75 Å². The van der Waals surface area contributed by atoms with Crippen LogP contribution in [0.15, 0.2) is 36.4 Å². The summed E-state index contributed by atoms with van der Waals surface area (Å²) in [5.74, 6) is -0.336. The van der Waals surface area contributed by atoms with Crippen LogP contribution < -0.4 is 10.1 Å². The molecular formula is C14H12ClF2NO3S. The van der Waals surface area contributed by atoms with Gasteiger partial charge in [0, 0.05) is 6.54 Å². The Morgan fingerprint density at radius 2 is 1.95 bits per heavy atom. The molecule has 1 aromatic heterocycles. The lowest BCUT2D eigenvalue weighted by Gasteiger charge is -2.12. The maximum atomic E-state index is 12.0. The van der Waals surface area contributed by atoms with E-state index < -0.39 is 12.7 Å². The molecule has 1 unspecified atom stereocenters. The number of halogens is 3. The Kier molecular flexibility index (Phi) is 5.70. The SMILES string of the molecule is O=C(NCC(O)c1ccc(OC(F)F)cc1)c1ccc(Cl)s1. The highest BCUT2D eigenvalue weighted by atomic mass is 35.5. The van der Waals surface area contributed by atoms with Crippen molar-refractivity contribution in [2.45, 2.75) is 12.7 Å². The molecule has 2 N–H and O–H groups in total. The third kappa shape index (κ3) is 4.66. The molecule has 0 radical (unpaired) electrons. The van der Waals surface area contributed by atoms with Gasteiger partial charge >= 0.3 is 6.61 Å². The lowest BCUT2D eigenvalue weighted by atomic mass is 10.1. The lowest BCUT2D eigenvalue weighted by molar-refractivity contribution is -0.0498. The molecule has 8 heteroatoms. The Morgan fingerprint density at radius 3 is 2.50 bits per heavy atom. The molecule has 1 heterocycles. The number of carbonyl (C=O) groups is 1. The molecule has 0 fully saturated rings. The standard InChI is InChI=1S/C14H12ClF2NO3S/c15-12-6-5-11(22-12)13(20)18-7-10(19)8-1-3-9(4-2-8)21-14(16)17/h1-6,10,14,19H,7H2,(H,18,20). The highest BCUT2D eigenvalue weighted by molar-refractivity contribution is 7.17. The summed E-state index contributed by atoms with van der Waals surface area (Å²) in [6, 6.07) is 8.76. The first-order chi connectivity index (χ1) is 10.5. The number of hydrogen-bond acceptors (Lipinski definition) is 4. The second kappa shape index (κ2) is 7.53. The predicted molar refractivity (Wildman–Crippen MR) is 79.7 cm³/mol. The number of aliphatic hydroxyl groups excluding tert-OH is 1. The van der Waals surface area contributed by atoms with Crippen LogP contribution in [0.2, 0.25) is 4.34 Å². The van der Waals surface area contributed by atoms with Crippen LogP contribution >= 0.6 is 22.9 Å². The average molecular weight is 348 g/mol. The Bertz CT molecular complexity index is 633. The Hall–Kier alpha value is -1.70. The first-order valence-electron chi connectivity index (χ1n) is 6.22. The number of carbonyl (C=O) groups excluding carboxylic acids is 1. The summed E-state index contributed by atoms with van der Waals surface area (Å²) >= 11 is 6.87. The molecule has 0 saturated carbocycles. The summed E-state index contributed by atoms with van der Waals surface area (Å²) in [5.41, 5.74) is 0.478. The number of ether oxygens (including phenoxy) is 1. The maximum absolute atomic E-state index is 12.0. The normalized spacial score (nSPS) is 12.2. The van der Waals surface area contributed by atoms with Gasteiger partial charge in [-0.25, -0.2) is 0 Å². The summed E-state index contributed by atoms with van der Waals surface area (Å²) in [4.78, 5) is 12.2. The van der Waals surface area contributed by atoms with Gasteiger partial charge in [-0.05, 0) is 29.8 Å². The van der Waals surface area contributed by atoms with Gasteiger partial charge in [-0.1, -0.05) is 23.7 Å². The van der Waals surface area contributed by atoms with Crippen molar-refractivity contribution in [2.75, 3.05) is 6.54 Å². The lowest BCUT2D eigenvalue weighted by Crippen LogP contribution is -2.27. The van der Waals surface area contributed by atoms with E-state index in [9.17, 15) is 18.7 Å². The van der Waals surface area contributed by atoms with Gasteiger partial charge in [-0.3, -0.25) is 4.79 Å². The fraction of sp³-hybridized carbons (Fsp3) is 0.214. The zero-order valence-electron chi connectivity index (χ0n) is 11.1. The van der Waals surface area contributed by atoms with Gasteiger partial charge in [0.25, 0.3) is 5.91 Å².